The molecule has 0 aliphatic carbocycles. The second kappa shape index (κ2) is 7.03. The highest BCUT2D eigenvalue weighted by Crippen LogP contribution is 2.20. The van der Waals surface area contributed by atoms with E-state index in [1.807, 2.05) is 49.5 Å². The third-order valence-corrected chi connectivity index (χ3v) is 3.28. The van der Waals surface area contributed by atoms with Gasteiger partial charge in [0, 0.05) is 25.0 Å². The fourth-order valence-corrected chi connectivity index (χ4v) is 1.98. The highest BCUT2D eigenvalue weighted by molar-refractivity contribution is 5.29. The zero-order chi connectivity index (χ0) is 14.4. The highest BCUT2D eigenvalue weighted by atomic mass is 16.5. The summed E-state index contributed by atoms with van der Waals surface area (Å²) in [6, 6.07) is 11.3. The molecule has 0 aliphatic rings. The Balaban J connectivity index is 1.92. The van der Waals surface area contributed by atoms with Gasteiger partial charge in [0.15, 0.2) is 0 Å². The van der Waals surface area contributed by atoms with Crippen molar-refractivity contribution < 1.29 is 9.84 Å². The number of aliphatic hydroxyl groups excluding tert-OH is 1. The second-order valence-electron chi connectivity index (χ2n) is 4.75. The van der Waals surface area contributed by atoms with Crippen LogP contribution in [0.1, 0.15) is 24.2 Å². The van der Waals surface area contributed by atoms with Crippen LogP contribution < -0.4 is 10.1 Å². The Morgan fingerprint density at radius 1 is 1.25 bits per heavy atom. The number of aromatic nitrogens is 1. The number of pyridine rings is 1. The molecule has 0 aliphatic heterocycles. The van der Waals surface area contributed by atoms with Gasteiger partial charge in [0.05, 0.1) is 13.2 Å². The molecule has 0 spiro atoms. The lowest BCUT2D eigenvalue weighted by Gasteiger charge is -2.21. The number of hydrogen-bond acceptors (Lipinski definition) is 4. The summed E-state index contributed by atoms with van der Waals surface area (Å²) in [5.74, 6) is 0.789. The molecule has 0 saturated carbocycles. The van der Waals surface area contributed by atoms with Crippen LogP contribution in [-0.2, 0) is 6.54 Å². The first kappa shape index (κ1) is 14.5. The Hall–Kier alpha value is -1.91. The van der Waals surface area contributed by atoms with Gasteiger partial charge in [-0.3, -0.25) is 4.98 Å². The topological polar surface area (TPSA) is 54.4 Å². The largest absolute Gasteiger partial charge is 0.497 e. The number of rotatable bonds is 6. The molecule has 0 bridgehead atoms. The fraction of sp³-hybridized carbons (Fsp3) is 0.312. The average molecular weight is 272 g/mol. The van der Waals surface area contributed by atoms with Crippen LogP contribution in [0.5, 0.6) is 5.75 Å². The molecule has 106 valence electrons. The number of aliphatic hydroxyl groups is 1. The van der Waals surface area contributed by atoms with E-state index in [-0.39, 0.29) is 6.04 Å². The van der Waals surface area contributed by atoms with Crippen molar-refractivity contribution in [1.29, 1.82) is 0 Å². The van der Waals surface area contributed by atoms with Crippen molar-refractivity contribution in [3.05, 3.63) is 59.9 Å². The van der Waals surface area contributed by atoms with Crippen LogP contribution in [0, 0.1) is 0 Å². The molecule has 0 fully saturated rings. The van der Waals surface area contributed by atoms with Crippen molar-refractivity contribution in [2.24, 2.45) is 0 Å². The SMILES string of the molecule is COc1ccc(C(O)C(C)NCc2cccnc2)cc1. The van der Waals surface area contributed by atoms with Crippen LogP contribution >= 0.6 is 0 Å². The lowest BCUT2D eigenvalue weighted by atomic mass is 10.0. The Labute approximate surface area is 119 Å². The Morgan fingerprint density at radius 3 is 2.60 bits per heavy atom. The van der Waals surface area contributed by atoms with Gasteiger partial charge >= 0.3 is 0 Å². The molecule has 2 atom stereocenters. The van der Waals surface area contributed by atoms with E-state index >= 15 is 0 Å². The number of methoxy groups -OCH3 is 1. The molecule has 2 aromatic rings. The van der Waals surface area contributed by atoms with E-state index in [1.54, 1.807) is 13.3 Å². The molecule has 2 N–H and O–H groups in total. The minimum Gasteiger partial charge on any atom is -0.497 e. The second-order valence-corrected chi connectivity index (χ2v) is 4.75. The molecule has 4 nitrogen and oxygen atoms in total. The molecular formula is C16H20N2O2. The zero-order valence-electron chi connectivity index (χ0n) is 11.8. The smallest absolute Gasteiger partial charge is 0.118 e. The van der Waals surface area contributed by atoms with Gasteiger partial charge < -0.3 is 15.2 Å². The molecule has 1 heterocycles. The van der Waals surface area contributed by atoms with Crippen LogP contribution in [0.4, 0.5) is 0 Å². The first-order chi connectivity index (χ1) is 9.70. The molecule has 0 radical (unpaired) electrons. The van der Waals surface area contributed by atoms with E-state index in [9.17, 15) is 5.11 Å². The van der Waals surface area contributed by atoms with Crippen molar-refractivity contribution in [3.63, 3.8) is 0 Å². The maximum atomic E-state index is 10.3. The minimum absolute atomic E-state index is 0.0522. The first-order valence-electron chi connectivity index (χ1n) is 6.65. The summed E-state index contributed by atoms with van der Waals surface area (Å²) in [7, 11) is 1.63. The highest BCUT2D eigenvalue weighted by Gasteiger charge is 2.15. The van der Waals surface area contributed by atoms with Gasteiger partial charge in [-0.05, 0) is 36.2 Å². The van der Waals surface area contributed by atoms with Gasteiger partial charge in [-0.15, -0.1) is 0 Å². The van der Waals surface area contributed by atoms with Crippen LogP contribution in [0.15, 0.2) is 48.8 Å². The summed E-state index contributed by atoms with van der Waals surface area (Å²) in [4.78, 5) is 4.07. The van der Waals surface area contributed by atoms with Crippen molar-refractivity contribution in [2.75, 3.05) is 7.11 Å². The predicted octanol–water partition coefficient (Wildman–Crippen LogP) is 2.30. The average Bonchev–Trinajstić information content (AvgIpc) is 2.53. The van der Waals surface area contributed by atoms with Gasteiger partial charge in [0.25, 0.3) is 0 Å². The van der Waals surface area contributed by atoms with Crippen LogP contribution in [0.3, 0.4) is 0 Å². The molecule has 1 aromatic heterocycles. The standard InChI is InChI=1S/C16H20N2O2/c1-12(18-11-13-4-3-9-17-10-13)16(19)14-5-7-15(20-2)8-6-14/h3-10,12,16,18-19H,11H2,1-2H3. The molecule has 0 saturated heterocycles. The lowest BCUT2D eigenvalue weighted by Crippen LogP contribution is -2.31. The number of benzene rings is 1. The molecule has 1 aromatic carbocycles. The van der Waals surface area contributed by atoms with E-state index in [2.05, 4.69) is 10.3 Å². The summed E-state index contributed by atoms with van der Waals surface area (Å²) < 4.78 is 5.11. The van der Waals surface area contributed by atoms with Crippen molar-refractivity contribution in [1.82, 2.24) is 10.3 Å². The molecule has 2 rings (SSSR count). The Morgan fingerprint density at radius 2 is 2.00 bits per heavy atom. The van der Waals surface area contributed by atoms with Crippen LogP contribution in [-0.4, -0.2) is 23.2 Å². The normalized spacial score (nSPS) is 13.8. The third-order valence-electron chi connectivity index (χ3n) is 3.28. The van der Waals surface area contributed by atoms with Crippen molar-refractivity contribution in [3.8, 4) is 5.75 Å². The Bertz CT molecular complexity index is 514. The summed E-state index contributed by atoms with van der Waals surface area (Å²) in [5, 5.41) is 13.6. The summed E-state index contributed by atoms with van der Waals surface area (Å²) in [6.07, 6.45) is 3.01. The lowest BCUT2D eigenvalue weighted by molar-refractivity contribution is 0.135. The molecule has 2 unspecified atom stereocenters. The maximum absolute atomic E-state index is 10.3. The van der Waals surface area contributed by atoms with E-state index in [1.165, 1.54) is 0 Å². The Kier molecular flexibility index (Phi) is 5.09. The summed E-state index contributed by atoms with van der Waals surface area (Å²) in [6.45, 7) is 2.65. The van der Waals surface area contributed by atoms with Gasteiger partial charge in [0.2, 0.25) is 0 Å². The summed E-state index contributed by atoms with van der Waals surface area (Å²) in [5.41, 5.74) is 1.97. The van der Waals surface area contributed by atoms with E-state index in [4.69, 9.17) is 4.74 Å². The van der Waals surface area contributed by atoms with Gasteiger partial charge in [-0.1, -0.05) is 18.2 Å². The van der Waals surface area contributed by atoms with Crippen molar-refractivity contribution >= 4 is 0 Å². The van der Waals surface area contributed by atoms with Gasteiger partial charge in [0.1, 0.15) is 5.75 Å². The van der Waals surface area contributed by atoms with Crippen LogP contribution in [0.2, 0.25) is 0 Å². The quantitative estimate of drug-likeness (QED) is 0.847. The number of hydrogen-bond donors (Lipinski definition) is 2. The molecule has 4 heteroatoms. The predicted molar refractivity (Wildman–Crippen MR) is 78.5 cm³/mol. The molecule has 0 amide bonds. The zero-order valence-corrected chi connectivity index (χ0v) is 11.8. The van der Waals surface area contributed by atoms with Gasteiger partial charge in [-0.25, -0.2) is 0 Å². The molecular weight excluding hydrogens is 252 g/mol. The van der Waals surface area contributed by atoms with E-state index in [0.717, 1.165) is 16.9 Å². The van der Waals surface area contributed by atoms with Crippen molar-refractivity contribution in [2.45, 2.75) is 25.6 Å². The number of nitrogens with one attached hydrogen (secondary N) is 1. The maximum Gasteiger partial charge on any atom is 0.118 e. The fourth-order valence-electron chi connectivity index (χ4n) is 1.98. The number of nitrogens with zero attached hydrogens (tertiary/aromatic N) is 1. The first-order valence-corrected chi connectivity index (χ1v) is 6.65. The summed E-state index contributed by atoms with van der Waals surface area (Å²) >= 11 is 0. The van der Waals surface area contributed by atoms with E-state index < -0.39 is 6.10 Å². The third kappa shape index (κ3) is 3.79. The molecule has 20 heavy (non-hydrogen) atoms. The monoisotopic (exact) mass is 272 g/mol. The van der Waals surface area contributed by atoms with Gasteiger partial charge in [-0.2, -0.15) is 0 Å². The van der Waals surface area contributed by atoms with Crippen LogP contribution in [0.25, 0.3) is 0 Å². The minimum atomic E-state index is -0.558. The van der Waals surface area contributed by atoms with E-state index in [0.29, 0.717) is 6.54 Å². The number of ether oxygens (including phenoxy) is 1.